The van der Waals surface area contributed by atoms with Crippen molar-refractivity contribution in [1.82, 2.24) is 0 Å². The van der Waals surface area contributed by atoms with Crippen molar-refractivity contribution in [3.8, 4) is 45.5 Å². The molecule has 0 spiro atoms. The quantitative estimate of drug-likeness (QED) is 0.225. The molecule has 6 aromatic carbocycles. The van der Waals surface area contributed by atoms with E-state index >= 15 is 0 Å². The number of fused-ring (bicyclic) bond motifs is 6. The van der Waals surface area contributed by atoms with Crippen LogP contribution in [0.3, 0.4) is 0 Å². The number of benzene rings is 6. The van der Waals surface area contributed by atoms with Crippen LogP contribution in [0.2, 0.25) is 0 Å². The molecule has 0 bridgehead atoms. The standard InChI is InChI=1S/C38H20N2O2/c39-21-23-8-1-2-10-28(23)25-18-26(29-12-6-15-32-31-11-3-4-17-35(31)41-37(29)32)20-27(19-25)30-13-7-16-34-33-14-5-9-24(22-40)36(33)42-38(30)34/h1-20H. The summed E-state index contributed by atoms with van der Waals surface area (Å²) in [5, 5.41) is 23.6. The van der Waals surface area contributed by atoms with Gasteiger partial charge in [0.05, 0.1) is 17.2 Å². The highest BCUT2D eigenvalue weighted by molar-refractivity contribution is 6.12. The number of nitriles is 2. The zero-order valence-electron chi connectivity index (χ0n) is 22.3. The molecule has 0 saturated heterocycles. The Morgan fingerprint density at radius 2 is 0.881 bits per heavy atom. The van der Waals surface area contributed by atoms with E-state index in [0.717, 1.165) is 66.1 Å². The maximum Gasteiger partial charge on any atom is 0.153 e. The number of nitrogens with zero attached hydrogens (tertiary/aromatic N) is 2. The molecular weight excluding hydrogens is 516 g/mol. The highest BCUT2D eigenvalue weighted by Gasteiger charge is 2.18. The number of para-hydroxylation sites is 4. The van der Waals surface area contributed by atoms with Crippen LogP contribution in [0, 0.1) is 22.7 Å². The SMILES string of the molecule is N#Cc1ccccc1-c1cc(-c2cccc3c2oc2ccccc23)cc(-c2cccc3c2oc2c(C#N)cccc23)c1. The minimum atomic E-state index is 0.503. The maximum absolute atomic E-state index is 9.94. The van der Waals surface area contributed by atoms with Crippen LogP contribution in [0.4, 0.5) is 0 Å². The minimum absolute atomic E-state index is 0.503. The second-order valence-corrected chi connectivity index (χ2v) is 10.3. The molecule has 0 radical (unpaired) electrons. The normalized spacial score (nSPS) is 11.3. The molecule has 0 N–H and O–H groups in total. The predicted molar refractivity (Wildman–Crippen MR) is 167 cm³/mol. The molecule has 0 atom stereocenters. The molecule has 0 aliphatic rings. The topological polar surface area (TPSA) is 73.9 Å². The average Bonchev–Trinajstić information content (AvgIpc) is 3.63. The summed E-state index contributed by atoms with van der Waals surface area (Å²) in [6.07, 6.45) is 0. The smallest absolute Gasteiger partial charge is 0.153 e. The largest absolute Gasteiger partial charge is 0.455 e. The van der Waals surface area contributed by atoms with Crippen LogP contribution in [-0.2, 0) is 0 Å². The van der Waals surface area contributed by atoms with Crippen molar-refractivity contribution in [2.24, 2.45) is 0 Å². The van der Waals surface area contributed by atoms with E-state index in [0.29, 0.717) is 22.3 Å². The van der Waals surface area contributed by atoms with Crippen LogP contribution in [-0.4, -0.2) is 0 Å². The molecular formula is C38H20N2O2. The monoisotopic (exact) mass is 536 g/mol. The summed E-state index contributed by atoms with van der Waals surface area (Å²) in [5.74, 6) is 0. The Labute approximate surface area is 240 Å². The third kappa shape index (κ3) is 3.53. The molecule has 4 nitrogen and oxygen atoms in total. The highest BCUT2D eigenvalue weighted by atomic mass is 16.3. The first kappa shape index (κ1) is 23.8. The van der Waals surface area contributed by atoms with Gasteiger partial charge in [-0.1, -0.05) is 84.9 Å². The van der Waals surface area contributed by atoms with Crippen LogP contribution in [0.1, 0.15) is 11.1 Å². The Balaban J connectivity index is 1.45. The lowest BCUT2D eigenvalue weighted by atomic mass is 9.91. The van der Waals surface area contributed by atoms with E-state index in [-0.39, 0.29) is 0 Å². The van der Waals surface area contributed by atoms with Crippen molar-refractivity contribution in [3.05, 3.63) is 132 Å². The molecule has 194 valence electrons. The van der Waals surface area contributed by atoms with Crippen LogP contribution < -0.4 is 0 Å². The average molecular weight is 537 g/mol. The van der Waals surface area contributed by atoms with Crippen LogP contribution in [0.15, 0.2) is 130 Å². The molecule has 8 rings (SSSR count). The van der Waals surface area contributed by atoms with Gasteiger partial charge in [-0.15, -0.1) is 0 Å². The zero-order chi connectivity index (χ0) is 28.2. The van der Waals surface area contributed by atoms with E-state index in [4.69, 9.17) is 8.83 Å². The molecule has 2 aromatic heterocycles. The lowest BCUT2D eigenvalue weighted by molar-refractivity contribution is 0.668. The second kappa shape index (κ2) is 9.24. The van der Waals surface area contributed by atoms with E-state index in [1.165, 1.54) is 0 Å². The van der Waals surface area contributed by atoms with Crippen LogP contribution in [0.25, 0.3) is 77.3 Å². The van der Waals surface area contributed by atoms with E-state index in [1.54, 1.807) is 6.07 Å². The first-order chi connectivity index (χ1) is 20.7. The Kier molecular flexibility index (Phi) is 5.22. The third-order valence-corrected chi connectivity index (χ3v) is 7.96. The van der Waals surface area contributed by atoms with Gasteiger partial charge in [0.15, 0.2) is 5.58 Å². The van der Waals surface area contributed by atoms with Gasteiger partial charge in [0.2, 0.25) is 0 Å². The van der Waals surface area contributed by atoms with Crippen molar-refractivity contribution in [2.45, 2.75) is 0 Å². The lowest BCUT2D eigenvalue weighted by Crippen LogP contribution is -1.89. The molecule has 42 heavy (non-hydrogen) atoms. The minimum Gasteiger partial charge on any atom is -0.455 e. The van der Waals surface area contributed by atoms with Crippen LogP contribution in [0.5, 0.6) is 0 Å². The lowest BCUT2D eigenvalue weighted by Gasteiger charge is -2.13. The van der Waals surface area contributed by atoms with Gasteiger partial charge in [-0.3, -0.25) is 0 Å². The summed E-state index contributed by atoms with van der Waals surface area (Å²) in [7, 11) is 0. The fraction of sp³-hybridized carbons (Fsp3) is 0. The Morgan fingerprint density at radius 1 is 0.405 bits per heavy atom. The second-order valence-electron chi connectivity index (χ2n) is 10.3. The Bertz CT molecular complexity index is 2450. The third-order valence-electron chi connectivity index (χ3n) is 7.96. The molecule has 0 amide bonds. The zero-order valence-corrected chi connectivity index (χ0v) is 22.3. The van der Waals surface area contributed by atoms with E-state index in [9.17, 15) is 10.5 Å². The van der Waals surface area contributed by atoms with Crippen molar-refractivity contribution in [2.75, 3.05) is 0 Å². The van der Waals surface area contributed by atoms with E-state index in [1.807, 2.05) is 72.8 Å². The fourth-order valence-corrected chi connectivity index (χ4v) is 6.04. The number of hydrogen-bond donors (Lipinski definition) is 0. The van der Waals surface area contributed by atoms with Crippen LogP contribution >= 0.6 is 0 Å². The van der Waals surface area contributed by atoms with Crippen molar-refractivity contribution >= 4 is 43.9 Å². The van der Waals surface area contributed by atoms with Gasteiger partial charge >= 0.3 is 0 Å². The van der Waals surface area contributed by atoms with Gasteiger partial charge in [-0.2, -0.15) is 10.5 Å². The summed E-state index contributed by atoms with van der Waals surface area (Å²) >= 11 is 0. The number of furan rings is 2. The number of rotatable bonds is 3. The van der Waals surface area contributed by atoms with E-state index in [2.05, 4.69) is 54.6 Å². The molecule has 0 unspecified atom stereocenters. The van der Waals surface area contributed by atoms with Gasteiger partial charge in [0.1, 0.15) is 22.8 Å². The molecule has 2 heterocycles. The van der Waals surface area contributed by atoms with Gasteiger partial charge in [-0.25, -0.2) is 0 Å². The fourth-order valence-electron chi connectivity index (χ4n) is 6.04. The predicted octanol–water partition coefficient (Wildman–Crippen LogP) is 10.2. The first-order valence-electron chi connectivity index (χ1n) is 13.6. The summed E-state index contributed by atoms with van der Waals surface area (Å²) < 4.78 is 12.8. The Hall–Kier alpha value is -6.10. The molecule has 4 heteroatoms. The van der Waals surface area contributed by atoms with Gasteiger partial charge in [-0.05, 0) is 58.7 Å². The molecule has 8 aromatic rings. The van der Waals surface area contributed by atoms with Crippen molar-refractivity contribution in [1.29, 1.82) is 10.5 Å². The number of hydrogen-bond acceptors (Lipinski definition) is 4. The Morgan fingerprint density at radius 3 is 1.60 bits per heavy atom. The van der Waals surface area contributed by atoms with Crippen molar-refractivity contribution < 1.29 is 8.83 Å². The van der Waals surface area contributed by atoms with Gasteiger partial charge in [0.25, 0.3) is 0 Å². The highest BCUT2D eigenvalue weighted by Crippen LogP contribution is 2.42. The maximum atomic E-state index is 9.94. The summed E-state index contributed by atoms with van der Waals surface area (Å²) in [6.45, 7) is 0. The van der Waals surface area contributed by atoms with E-state index < -0.39 is 0 Å². The molecule has 0 saturated carbocycles. The molecule has 0 aliphatic carbocycles. The van der Waals surface area contributed by atoms with Crippen molar-refractivity contribution in [3.63, 3.8) is 0 Å². The molecule has 0 aliphatic heterocycles. The van der Waals surface area contributed by atoms with Gasteiger partial charge in [0, 0.05) is 32.7 Å². The summed E-state index contributed by atoms with van der Waals surface area (Å²) in [6, 6.07) is 44.6. The first-order valence-corrected chi connectivity index (χ1v) is 13.6. The summed E-state index contributed by atoms with van der Waals surface area (Å²) in [4.78, 5) is 0. The molecule has 0 fully saturated rings. The van der Waals surface area contributed by atoms with Gasteiger partial charge < -0.3 is 8.83 Å². The summed E-state index contributed by atoms with van der Waals surface area (Å²) in [5.41, 5.74) is 9.59.